The van der Waals surface area contributed by atoms with Gasteiger partial charge in [-0.3, -0.25) is 0 Å². The molecule has 0 bridgehead atoms. The predicted octanol–water partition coefficient (Wildman–Crippen LogP) is 2.48. The standard InChI is InChI=1S/C10H11BrO4/c1-4-5(2)9(15-3)7(11)8(12)6(4)10(13)14/h12H,1-3H3,(H,13,14). The van der Waals surface area contributed by atoms with Crippen molar-refractivity contribution in [2.45, 2.75) is 13.8 Å². The Balaban J connectivity index is 3.66. The van der Waals surface area contributed by atoms with Gasteiger partial charge in [-0.15, -0.1) is 0 Å². The van der Waals surface area contributed by atoms with Crippen LogP contribution < -0.4 is 4.74 Å². The first-order valence-electron chi connectivity index (χ1n) is 4.20. The number of hydrogen-bond acceptors (Lipinski definition) is 3. The van der Waals surface area contributed by atoms with E-state index in [1.165, 1.54) is 7.11 Å². The minimum absolute atomic E-state index is 0.0971. The zero-order valence-corrected chi connectivity index (χ0v) is 10.2. The quantitative estimate of drug-likeness (QED) is 0.870. The van der Waals surface area contributed by atoms with Gasteiger partial charge in [0, 0.05) is 0 Å². The van der Waals surface area contributed by atoms with Crippen LogP contribution in [-0.2, 0) is 0 Å². The molecule has 0 heterocycles. The van der Waals surface area contributed by atoms with E-state index in [4.69, 9.17) is 9.84 Å². The molecule has 82 valence electrons. The fourth-order valence-corrected chi connectivity index (χ4v) is 2.08. The maximum absolute atomic E-state index is 10.9. The highest BCUT2D eigenvalue weighted by molar-refractivity contribution is 9.10. The number of carboxylic acids is 1. The van der Waals surface area contributed by atoms with Crippen molar-refractivity contribution in [3.05, 3.63) is 21.2 Å². The Morgan fingerprint density at radius 2 is 1.87 bits per heavy atom. The molecule has 0 radical (unpaired) electrons. The van der Waals surface area contributed by atoms with Gasteiger partial charge in [-0.2, -0.15) is 0 Å². The number of methoxy groups -OCH3 is 1. The maximum Gasteiger partial charge on any atom is 0.339 e. The van der Waals surface area contributed by atoms with Crippen molar-refractivity contribution in [3.63, 3.8) is 0 Å². The molecule has 0 fully saturated rings. The molecule has 1 rings (SSSR count). The van der Waals surface area contributed by atoms with Gasteiger partial charge in [0.1, 0.15) is 21.5 Å². The number of phenols is 1. The Morgan fingerprint density at radius 1 is 1.33 bits per heavy atom. The van der Waals surface area contributed by atoms with E-state index in [9.17, 15) is 9.90 Å². The third-order valence-corrected chi connectivity index (χ3v) is 3.08. The van der Waals surface area contributed by atoms with Crippen LogP contribution in [0.2, 0.25) is 0 Å². The van der Waals surface area contributed by atoms with Crippen LogP contribution in [0.1, 0.15) is 21.5 Å². The van der Waals surface area contributed by atoms with Crippen LogP contribution in [0.5, 0.6) is 11.5 Å². The Hall–Kier alpha value is -1.23. The first-order valence-corrected chi connectivity index (χ1v) is 5.00. The molecule has 2 N–H and O–H groups in total. The summed E-state index contributed by atoms with van der Waals surface area (Å²) < 4.78 is 5.34. The average Bonchev–Trinajstić information content (AvgIpc) is 2.16. The number of hydrogen-bond donors (Lipinski definition) is 2. The normalized spacial score (nSPS) is 10.1. The molecule has 0 saturated heterocycles. The largest absolute Gasteiger partial charge is 0.506 e. The second kappa shape index (κ2) is 4.10. The van der Waals surface area contributed by atoms with Crippen LogP contribution in [0.15, 0.2) is 4.47 Å². The van der Waals surface area contributed by atoms with Gasteiger partial charge in [0.05, 0.1) is 7.11 Å². The minimum Gasteiger partial charge on any atom is -0.506 e. The van der Waals surface area contributed by atoms with Crippen molar-refractivity contribution in [2.24, 2.45) is 0 Å². The molecule has 0 saturated carbocycles. The summed E-state index contributed by atoms with van der Waals surface area (Å²) in [5.41, 5.74) is 1.10. The van der Waals surface area contributed by atoms with E-state index in [1.807, 2.05) is 0 Å². The highest BCUT2D eigenvalue weighted by Crippen LogP contribution is 2.41. The first-order chi connectivity index (χ1) is 6.91. The second-order valence-electron chi connectivity index (χ2n) is 3.13. The van der Waals surface area contributed by atoms with E-state index in [-0.39, 0.29) is 15.8 Å². The first kappa shape index (κ1) is 11.8. The number of aromatic hydroxyl groups is 1. The van der Waals surface area contributed by atoms with E-state index >= 15 is 0 Å². The van der Waals surface area contributed by atoms with Crippen molar-refractivity contribution in [3.8, 4) is 11.5 Å². The van der Waals surface area contributed by atoms with E-state index in [1.54, 1.807) is 13.8 Å². The fourth-order valence-electron chi connectivity index (χ4n) is 1.42. The number of halogens is 1. The molecule has 5 heteroatoms. The van der Waals surface area contributed by atoms with Gasteiger partial charge in [-0.1, -0.05) is 0 Å². The number of aromatic carboxylic acids is 1. The lowest BCUT2D eigenvalue weighted by molar-refractivity contribution is 0.0692. The molecular weight excluding hydrogens is 264 g/mol. The van der Waals surface area contributed by atoms with Crippen molar-refractivity contribution < 1.29 is 19.7 Å². The molecule has 15 heavy (non-hydrogen) atoms. The van der Waals surface area contributed by atoms with Crippen LogP contribution in [0.3, 0.4) is 0 Å². The number of benzene rings is 1. The van der Waals surface area contributed by atoms with Crippen LogP contribution in [0.4, 0.5) is 0 Å². The lowest BCUT2D eigenvalue weighted by Crippen LogP contribution is -2.04. The van der Waals surface area contributed by atoms with Gasteiger partial charge in [0.25, 0.3) is 0 Å². The van der Waals surface area contributed by atoms with Gasteiger partial charge in [-0.25, -0.2) is 4.79 Å². The van der Waals surface area contributed by atoms with Crippen LogP contribution in [0.25, 0.3) is 0 Å². The number of ether oxygens (including phenoxy) is 1. The van der Waals surface area contributed by atoms with Crippen molar-refractivity contribution >= 4 is 21.9 Å². The van der Waals surface area contributed by atoms with Crippen molar-refractivity contribution in [1.82, 2.24) is 0 Å². The molecule has 0 aliphatic rings. The summed E-state index contributed by atoms with van der Waals surface area (Å²) in [4.78, 5) is 10.9. The van der Waals surface area contributed by atoms with E-state index in [2.05, 4.69) is 15.9 Å². The maximum atomic E-state index is 10.9. The molecule has 0 unspecified atom stereocenters. The SMILES string of the molecule is COc1c(C)c(C)c(C(=O)O)c(O)c1Br. The Morgan fingerprint density at radius 3 is 2.27 bits per heavy atom. The summed E-state index contributed by atoms with van der Waals surface area (Å²) in [6.07, 6.45) is 0. The summed E-state index contributed by atoms with van der Waals surface area (Å²) in [6.45, 7) is 3.37. The Kier molecular flexibility index (Phi) is 3.24. The third-order valence-electron chi connectivity index (χ3n) is 2.34. The molecule has 0 atom stereocenters. The number of rotatable bonds is 2. The van der Waals surface area contributed by atoms with Gasteiger partial charge in [-0.05, 0) is 40.9 Å². The summed E-state index contributed by atoms with van der Waals surface area (Å²) in [6, 6.07) is 0. The minimum atomic E-state index is -1.16. The topological polar surface area (TPSA) is 66.8 Å². The molecule has 4 nitrogen and oxygen atoms in total. The highest BCUT2D eigenvalue weighted by atomic mass is 79.9. The van der Waals surface area contributed by atoms with Crippen LogP contribution in [-0.4, -0.2) is 23.3 Å². The summed E-state index contributed by atoms with van der Waals surface area (Å²) >= 11 is 3.11. The van der Waals surface area contributed by atoms with Gasteiger partial charge >= 0.3 is 5.97 Å². The predicted molar refractivity (Wildman–Crippen MR) is 58.8 cm³/mol. The van der Waals surface area contributed by atoms with E-state index < -0.39 is 5.97 Å². The average molecular weight is 275 g/mol. The molecular formula is C10H11BrO4. The van der Waals surface area contributed by atoms with Crippen molar-refractivity contribution in [2.75, 3.05) is 7.11 Å². The Bertz CT molecular complexity index is 397. The van der Waals surface area contributed by atoms with Crippen LogP contribution >= 0.6 is 15.9 Å². The lowest BCUT2D eigenvalue weighted by Gasteiger charge is -2.14. The molecule has 0 spiro atoms. The molecule has 0 aliphatic heterocycles. The van der Waals surface area contributed by atoms with Gasteiger partial charge < -0.3 is 14.9 Å². The monoisotopic (exact) mass is 274 g/mol. The number of carbonyl (C=O) groups is 1. The second-order valence-corrected chi connectivity index (χ2v) is 3.92. The van der Waals surface area contributed by atoms with E-state index in [0.29, 0.717) is 16.9 Å². The molecule has 0 aliphatic carbocycles. The fraction of sp³-hybridized carbons (Fsp3) is 0.300. The zero-order chi connectivity index (χ0) is 11.7. The summed E-state index contributed by atoms with van der Waals surface area (Å²) in [5.74, 6) is -1.01. The van der Waals surface area contributed by atoms with Gasteiger partial charge in [0.2, 0.25) is 0 Å². The number of carboxylic acid groups (broad SMARTS) is 1. The molecule has 1 aromatic rings. The highest BCUT2D eigenvalue weighted by Gasteiger charge is 2.22. The molecule has 0 amide bonds. The van der Waals surface area contributed by atoms with Crippen LogP contribution in [0, 0.1) is 13.8 Å². The van der Waals surface area contributed by atoms with E-state index in [0.717, 1.165) is 0 Å². The zero-order valence-electron chi connectivity index (χ0n) is 8.59. The smallest absolute Gasteiger partial charge is 0.339 e. The van der Waals surface area contributed by atoms with Crippen molar-refractivity contribution in [1.29, 1.82) is 0 Å². The summed E-state index contributed by atoms with van der Waals surface area (Å²) in [5, 5.41) is 18.6. The molecule has 0 aromatic heterocycles. The van der Waals surface area contributed by atoms with Gasteiger partial charge in [0.15, 0.2) is 0 Å². The third kappa shape index (κ3) is 1.79. The Labute approximate surface area is 95.6 Å². The summed E-state index contributed by atoms with van der Waals surface area (Å²) in [7, 11) is 1.46. The lowest BCUT2D eigenvalue weighted by atomic mass is 10.0. The molecule has 1 aromatic carbocycles.